The summed E-state index contributed by atoms with van der Waals surface area (Å²) in [4.78, 5) is 47.2. The lowest BCUT2D eigenvalue weighted by atomic mass is 9.91. The van der Waals surface area contributed by atoms with Crippen LogP contribution in [0.25, 0.3) is 0 Å². The second kappa shape index (κ2) is 11.9. The molecule has 5 rings (SSSR count). The van der Waals surface area contributed by atoms with Crippen molar-refractivity contribution in [1.82, 2.24) is 15.2 Å². The van der Waals surface area contributed by atoms with Gasteiger partial charge in [-0.25, -0.2) is 0 Å². The van der Waals surface area contributed by atoms with Crippen LogP contribution in [0, 0.1) is 5.92 Å². The minimum atomic E-state index is -0.262. The standard InChI is InChI=1S/C29H38N6O3/c30-23-6-8-24(9-7-23)32-28(37)22-5-10-26(25(19-22)33-27(36)20-11-13-31-14-12-20)34-15-17-35(18-16-34)29(38)21-3-1-2-4-21/h5,10-14,19,21,23-24H,1-4,6-9,15-18,30H2,(H,32,37)(H,33,36). The number of nitrogens with zero attached hydrogens (tertiary/aromatic N) is 3. The van der Waals surface area contributed by atoms with Crippen molar-refractivity contribution >= 4 is 29.1 Å². The first-order chi connectivity index (χ1) is 18.5. The maximum absolute atomic E-state index is 13.1. The Morgan fingerprint density at radius 1 is 0.816 bits per heavy atom. The molecule has 38 heavy (non-hydrogen) atoms. The SMILES string of the molecule is NC1CCC(NC(=O)c2ccc(N3CCN(C(=O)C4CCCC4)CC3)c(NC(=O)c3ccncc3)c2)CC1. The number of carbonyl (C=O) groups excluding carboxylic acids is 3. The van der Waals surface area contributed by atoms with Crippen LogP contribution in [0.5, 0.6) is 0 Å². The highest BCUT2D eigenvalue weighted by Gasteiger charge is 2.30. The summed E-state index contributed by atoms with van der Waals surface area (Å²) in [5, 5.41) is 6.16. The molecule has 1 aromatic heterocycles. The summed E-state index contributed by atoms with van der Waals surface area (Å²) in [6.45, 7) is 2.65. The van der Waals surface area contributed by atoms with Crippen LogP contribution in [0.2, 0.25) is 0 Å². The van der Waals surface area contributed by atoms with Crippen molar-refractivity contribution in [3.8, 4) is 0 Å². The molecule has 9 heteroatoms. The lowest BCUT2D eigenvalue weighted by Gasteiger charge is -2.38. The summed E-state index contributed by atoms with van der Waals surface area (Å²) in [5.41, 5.74) is 8.44. The third-order valence-electron chi connectivity index (χ3n) is 8.19. The van der Waals surface area contributed by atoms with Gasteiger partial charge in [0.1, 0.15) is 0 Å². The van der Waals surface area contributed by atoms with Crippen molar-refractivity contribution in [1.29, 1.82) is 0 Å². The van der Waals surface area contributed by atoms with Crippen LogP contribution in [0.15, 0.2) is 42.7 Å². The normalized spacial score (nSPS) is 22.2. The number of pyridine rings is 1. The predicted molar refractivity (Wildman–Crippen MR) is 147 cm³/mol. The summed E-state index contributed by atoms with van der Waals surface area (Å²) in [6, 6.07) is 9.13. The molecule has 9 nitrogen and oxygen atoms in total. The van der Waals surface area contributed by atoms with Gasteiger partial charge < -0.3 is 26.2 Å². The lowest BCUT2D eigenvalue weighted by Crippen LogP contribution is -2.50. The van der Waals surface area contributed by atoms with E-state index in [-0.39, 0.29) is 35.7 Å². The zero-order chi connectivity index (χ0) is 26.5. The van der Waals surface area contributed by atoms with Crippen molar-refractivity contribution < 1.29 is 14.4 Å². The molecule has 1 saturated heterocycles. The fourth-order valence-corrected chi connectivity index (χ4v) is 5.88. The molecule has 2 saturated carbocycles. The van der Waals surface area contributed by atoms with Crippen LogP contribution in [0.3, 0.4) is 0 Å². The van der Waals surface area contributed by atoms with Crippen LogP contribution < -0.4 is 21.3 Å². The molecule has 1 aromatic carbocycles. The topological polar surface area (TPSA) is 121 Å². The number of nitrogens with one attached hydrogen (secondary N) is 2. The molecule has 2 aromatic rings. The summed E-state index contributed by atoms with van der Waals surface area (Å²) in [6.07, 6.45) is 11.0. The molecule has 0 atom stereocenters. The third kappa shape index (κ3) is 6.15. The van der Waals surface area contributed by atoms with Gasteiger partial charge in [-0.2, -0.15) is 0 Å². The summed E-state index contributed by atoms with van der Waals surface area (Å²) in [7, 11) is 0. The van der Waals surface area contributed by atoms with E-state index in [2.05, 4.69) is 20.5 Å². The van der Waals surface area contributed by atoms with E-state index in [1.54, 1.807) is 30.6 Å². The Morgan fingerprint density at radius 3 is 2.18 bits per heavy atom. The van der Waals surface area contributed by atoms with Gasteiger partial charge in [0.25, 0.3) is 11.8 Å². The monoisotopic (exact) mass is 518 g/mol. The van der Waals surface area contributed by atoms with Gasteiger partial charge in [0, 0.05) is 67.7 Å². The first-order valence-corrected chi connectivity index (χ1v) is 13.9. The Bertz CT molecular complexity index is 1130. The van der Waals surface area contributed by atoms with Crippen molar-refractivity contribution in [2.75, 3.05) is 36.4 Å². The Balaban J connectivity index is 1.32. The Labute approximate surface area is 224 Å². The van der Waals surface area contributed by atoms with Crippen LogP contribution in [-0.2, 0) is 4.79 Å². The average molecular weight is 519 g/mol. The summed E-state index contributed by atoms with van der Waals surface area (Å²) < 4.78 is 0. The first-order valence-electron chi connectivity index (χ1n) is 13.9. The second-order valence-electron chi connectivity index (χ2n) is 10.8. The third-order valence-corrected chi connectivity index (χ3v) is 8.19. The van der Waals surface area contributed by atoms with Crippen molar-refractivity contribution in [2.24, 2.45) is 11.7 Å². The summed E-state index contributed by atoms with van der Waals surface area (Å²) in [5.74, 6) is 0.0458. The van der Waals surface area contributed by atoms with Gasteiger partial charge in [-0.05, 0) is 68.9 Å². The Morgan fingerprint density at radius 2 is 1.50 bits per heavy atom. The highest BCUT2D eigenvalue weighted by Crippen LogP contribution is 2.31. The number of aromatic nitrogens is 1. The molecular formula is C29H38N6O3. The van der Waals surface area contributed by atoms with E-state index in [1.165, 1.54) is 0 Å². The minimum Gasteiger partial charge on any atom is -0.366 e. The van der Waals surface area contributed by atoms with Gasteiger partial charge in [0.15, 0.2) is 0 Å². The smallest absolute Gasteiger partial charge is 0.255 e. The molecule has 0 unspecified atom stereocenters. The lowest BCUT2D eigenvalue weighted by molar-refractivity contribution is -0.135. The predicted octanol–water partition coefficient (Wildman–Crippen LogP) is 3.17. The maximum Gasteiger partial charge on any atom is 0.255 e. The van der Waals surface area contributed by atoms with E-state index in [9.17, 15) is 14.4 Å². The average Bonchev–Trinajstić information content (AvgIpc) is 3.50. The van der Waals surface area contributed by atoms with Crippen LogP contribution in [-0.4, -0.2) is 65.9 Å². The van der Waals surface area contributed by atoms with Crippen LogP contribution in [0.4, 0.5) is 11.4 Å². The largest absolute Gasteiger partial charge is 0.366 e. The fraction of sp³-hybridized carbons (Fsp3) is 0.517. The number of hydrogen-bond donors (Lipinski definition) is 3. The molecule has 1 aliphatic heterocycles. The van der Waals surface area contributed by atoms with E-state index in [0.717, 1.165) is 57.1 Å². The molecule has 3 amide bonds. The van der Waals surface area contributed by atoms with Crippen molar-refractivity contribution in [3.05, 3.63) is 53.9 Å². The number of hydrogen-bond acceptors (Lipinski definition) is 6. The second-order valence-corrected chi connectivity index (χ2v) is 10.8. The molecule has 2 aliphatic carbocycles. The molecule has 0 bridgehead atoms. The molecule has 202 valence electrons. The van der Waals surface area contributed by atoms with Gasteiger partial charge in [0.2, 0.25) is 5.91 Å². The van der Waals surface area contributed by atoms with Gasteiger partial charge in [-0.3, -0.25) is 19.4 Å². The molecular weight excluding hydrogens is 480 g/mol. The van der Waals surface area contributed by atoms with Crippen LogP contribution >= 0.6 is 0 Å². The van der Waals surface area contributed by atoms with Gasteiger partial charge in [-0.1, -0.05) is 12.8 Å². The van der Waals surface area contributed by atoms with Crippen molar-refractivity contribution in [3.63, 3.8) is 0 Å². The Hall–Kier alpha value is -3.46. The van der Waals surface area contributed by atoms with Gasteiger partial charge in [-0.15, -0.1) is 0 Å². The van der Waals surface area contributed by atoms with E-state index in [4.69, 9.17) is 5.73 Å². The highest BCUT2D eigenvalue weighted by atomic mass is 16.2. The van der Waals surface area contributed by atoms with E-state index >= 15 is 0 Å². The molecule has 4 N–H and O–H groups in total. The maximum atomic E-state index is 13.1. The first kappa shape index (κ1) is 26.2. The fourth-order valence-electron chi connectivity index (χ4n) is 5.88. The van der Waals surface area contributed by atoms with Gasteiger partial charge >= 0.3 is 0 Å². The zero-order valence-electron chi connectivity index (χ0n) is 21.9. The molecule has 0 spiro atoms. The summed E-state index contributed by atoms with van der Waals surface area (Å²) >= 11 is 0. The van der Waals surface area contributed by atoms with E-state index in [0.29, 0.717) is 43.0 Å². The molecule has 3 aliphatic rings. The number of anilines is 2. The number of nitrogens with two attached hydrogens (primary N) is 1. The quantitative estimate of drug-likeness (QED) is 0.540. The molecule has 3 fully saturated rings. The number of piperazine rings is 1. The number of amides is 3. The number of carbonyl (C=O) groups is 3. The Kier molecular flexibility index (Phi) is 8.22. The van der Waals surface area contributed by atoms with E-state index in [1.807, 2.05) is 17.0 Å². The van der Waals surface area contributed by atoms with Crippen LogP contribution in [0.1, 0.15) is 72.1 Å². The van der Waals surface area contributed by atoms with Crippen molar-refractivity contribution in [2.45, 2.75) is 63.5 Å². The molecule has 0 radical (unpaired) electrons. The molecule has 2 heterocycles. The zero-order valence-corrected chi connectivity index (χ0v) is 21.9. The number of benzene rings is 1. The van der Waals surface area contributed by atoms with E-state index < -0.39 is 0 Å². The number of rotatable bonds is 6. The highest BCUT2D eigenvalue weighted by molar-refractivity contribution is 6.07. The minimum absolute atomic E-state index is 0.113. The van der Waals surface area contributed by atoms with Gasteiger partial charge in [0.05, 0.1) is 11.4 Å².